The van der Waals surface area contributed by atoms with Gasteiger partial charge in [-0.25, -0.2) is 19.6 Å². The zero-order valence-corrected chi connectivity index (χ0v) is 54.0. The van der Waals surface area contributed by atoms with E-state index in [0.717, 1.165) is 22.3 Å². The van der Waals surface area contributed by atoms with E-state index in [4.69, 9.17) is 29.9 Å². The summed E-state index contributed by atoms with van der Waals surface area (Å²) in [6.45, 7) is 6.39. The Morgan fingerprint density at radius 1 is 0.448 bits per heavy atom. The first-order valence-corrected chi connectivity index (χ1v) is 33.9. The SMILES string of the molecule is CCC(=O)N[C@H]1C[C@@H](n2cnc3c(NCC(c4ccccc4)c4ccccc4)nc(N4CC[C@@H](NC(=O)NC5CCC(NC(=O)N[C@@H]6CCN(c7nc(NCC(c8ccccc8)c8ccccc8)c8ncn([C@@H]9C[C@H](NC(=O)CC)[C@@H](O)[C@H]9O)c8n7)C6)CC5)C4)nc32)[C@H](O)[C@@H]1O. The lowest BCUT2D eigenvalue weighted by Gasteiger charge is -2.30. The molecule has 96 heavy (non-hydrogen) atoms. The summed E-state index contributed by atoms with van der Waals surface area (Å²) in [4.78, 5) is 86.3. The van der Waals surface area contributed by atoms with Gasteiger partial charge >= 0.3 is 12.1 Å². The largest absolute Gasteiger partial charge is 0.388 e. The molecule has 5 aliphatic rings. The van der Waals surface area contributed by atoms with Crippen LogP contribution in [-0.4, -0.2) is 183 Å². The zero-order valence-electron chi connectivity index (χ0n) is 54.0. The molecule has 0 spiro atoms. The Labute approximate surface area is 556 Å². The van der Waals surface area contributed by atoms with Gasteiger partial charge in [-0.05, 0) is 73.6 Å². The van der Waals surface area contributed by atoms with Crippen molar-refractivity contribution in [1.29, 1.82) is 0 Å². The van der Waals surface area contributed by atoms with Gasteiger partial charge in [-0.2, -0.15) is 19.9 Å². The van der Waals surface area contributed by atoms with Gasteiger partial charge in [0.25, 0.3) is 0 Å². The van der Waals surface area contributed by atoms with Crippen molar-refractivity contribution in [3.63, 3.8) is 0 Å². The minimum Gasteiger partial charge on any atom is -0.388 e. The molecule has 4 aromatic heterocycles. The highest BCUT2D eigenvalue weighted by Crippen LogP contribution is 2.38. The quantitative estimate of drug-likeness (QED) is 0.0407. The maximum Gasteiger partial charge on any atom is 0.315 e. The van der Waals surface area contributed by atoms with Crippen molar-refractivity contribution in [2.24, 2.45) is 0 Å². The molecule has 8 aromatic rings. The van der Waals surface area contributed by atoms with E-state index in [1.54, 1.807) is 35.6 Å². The predicted molar refractivity (Wildman–Crippen MR) is 363 cm³/mol. The first-order valence-electron chi connectivity index (χ1n) is 33.9. The Kier molecular flexibility index (Phi) is 19.8. The number of carbonyl (C=O) groups excluding carboxylic acids is 4. The fourth-order valence-electron chi connectivity index (χ4n) is 14.6. The van der Waals surface area contributed by atoms with E-state index in [1.807, 2.05) is 82.6 Å². The van der Waals surface area contributed by atoms with Crippen LogP contribution in [-0.2, 0) is 9.59 Å². The van der Waals surface area contributed by atoms with Gasteiger partial charge in [0.15, 0.2) is 34.0 Å². The standard InChI is InChI=1S/C70H86N18O8/c1-3-55(89)79-51-33-53(61(93)59(51)91)87-39-73-57-63(71-35-49(41-17-9-5-10-18-41)42-19-11-6-12-20-42)81-67(83-65(57)87)85-31-29-47(37-85)77-69(95)75-45-25-27-46(28-26-45)76-70(96)78-48-30-32-86(38-48)68-82-64(72-36-50(43-21-13-7-14-22-43)44-23-15-8-16-24-44)58-66(84-68)88(40-74-58)54-34-52(60(92)62(54)94)80-56(90)4-2/h5-24,39-40,45-54,59-62,91-94H,3-4,25-38H2,1-2H3,(H,79,89)(H,80,90)(H,71,81,83)(H,72,82,84)(H2,75,77,95)(H2,76,78,96)/t45?,46?,47-,48-,51+,52+,53-,54-,59-,60-,61+,62+/m1/s1. The number of benzene rings is 4. The van der Waals surface area contributed by atoms with E-state index in [-0.39, 0.29) is 85.6 Å². The fourth-order valence-corrected chi connectivity index (χ4v) is 14.6. The number of imidazole rings is 2. The van der Waals surface area contributed by atoms with Crippen LogP contribution < -0.4 is 52.3 Å². The highest BCUT2D eigenvalue weighted by Gasteiger charge is 2.46. The number of anilines is 4. The zero-order chi connectivity index (χ0) is 66.4. The number of nitrogens with one attached hydrogen (secondary N) is 8. The van der Waals surface area contributed by atoms with Crippen molar-refractivity contribution >= 4 is 69.7 Å². The summed E-state index contributed by atoms with van der Waals surface area (Å²) >= 11 is 0. The summed E-state index contributed by atoms with van der Waals surface area (Å²) in [6, 6.07) is 37.2. The monoisotopic (exact) mass is 1310 g/mol. The second-order valence-electron chi connectivity index (χ2n) is 26.2. The van der Waals surface area contributed by atoms with E-state index >= 15 is 0 Å². The average Bonchev–Trinajstić information content (AvgIpc) is 1.60. The highest BCUT2D eigenvalue weighted by molar-refractivity contribution is 5.86. The minimum atomic E-state index is -1.20. The molecular weight excluding hydrogens is 1220 g/mol. The van der Waals surface area contributed by atoms with Crippen molar-refractivity contribution in [3.8, 4) is 0 Å². The lowest BCUT2D eigenvalue weighted by molar-refractivity contribution is -0.123. The predicted octanol–water partition coefficient (Wildman–Crippen LogP) is 5.34. The first-order chi connectivity index (χ1) is 46.7. The van der Waals surface area contributed by atoms with Gasteiger partial charge in [-0.3, -0.25) is 9.59 Å². The fraction of sp³-hybridized carbons (Fsp3) is 0.457. The van der Waals surface area contributed by atoms with Crippen molar-refractivity contribution < 1.29 is 39.6 Å². The Hall–Kier alpha value is -9.50. The molecule has 13 rings (SSSR count). The Morgan fingerprint density at radius 3 is 1.14 bits per heavy atom. The van der Waals surface area contributed by atoms with Crippen LogP contribution in [0.4, 0.5) is 33.1 Å². The van der Waals surface area contributed by atoms with Gasteiger partial charge in [0.1, 0.15) is 24.4 Å². The number of aliphatic hydroxyl groups is 4. The molecule has 2 aliphatic heterocycles. The molecule has 2 saturated heterocycles. The van der Waals surface area contributed by atoms with Crippen LogP contribution in [0.5, 0.6) is 0 Å². The van der Waals surface area contributed by atoms with Crippen LogP contribution in [0.3, 0.4) is 0 Å². The van der Waals surface area contributed by atoms with Crippen LogP contribution in [0.1, 0.15) is 124 Å². The van der Waals surface area contributed by atoms with Crippen LogP contribution in [0.2, 0.25) is 0 Å². The smallest absolute Gasteiger partial charge is 0.315 e. The Bertz CT molecular complexity index is 3640. The number of aliphatic hydroxyl groups excluding tert-OH is 4. The number of hydrogen-bond acceptors (Lipinski definition) is 18. The van der Waals surface area contributed by atoms with Crippen molar-refractivity contribution in [1.82, 2.24) is 70.9 Å². The van der Waals surface area contributed by atoms with Crippen molar-refractivity contribution in [3.05, 3.63) is 156 Å². The van der Waals surface area contributed by atoms with Crippen LogP contribution in [0.15, 0.2) is 134 Å². The third kappa shape index (κ3) is 14.4. The van der Waals surface area contributed by atoms with Gasteiger partial charge in [-0.15, -0.1) is 0 Å². The molecule has 12 N–H and O–H groups in total. The molecule has 6 amide bonds. The van der Waals surface area contributed by atoms with Crippen LogP contribution >= 0.6 is 0 Å². The molecule has 3 saturated carbocycles. The summed E-state index contributed by atoms with van der Waals surface area (Å²) < 4.78 is 3.55. The topological polar surface area (TPSA) is 339 Å². The second-order valence-corrected chi connectivity index (χ2v) is 26.2. The maximum absolute atomic E-state index is 13.7. The number of amides is 6. The summed E-state index contributed by atoms with van der Waals surface area (Å²) in [5, 5.41) is 70.8. The molecule has 26 nitrogen and oxygen atoms in total. The molecular formula is C70H86N18O8. The molecule has 5 fully saturated rings. The molecule has 10 atom stereocenters. The molecule has 4 aromatic carbocycles. The van der Waals surface area contributed by atoms with Crippen molar-refractivity contribution in [2.45, 2.75) is 163 Å². The lowest BCUT2D eigenvalue weighted by atomic mass is 9.91. The number of carbonyl (C=O) groups is 4. The molecule has 0 bridgehead atoms. The summed E-state index contributed by atoms with van der Waals surface area (Å²) in [5.74, 6) is 1.32. The van der Waals surface area contributed by atoms with Crippen LogP contribution in [0, 0.1) is 0 Å². The molecule has 0 unspecified atom stereocenters. The number of fused-ring (bicyclic) bond motifs is 2. The number of nitrogens with zero attached hydrogens (tertiary/aromatic N) is 10. The number of urea groups is 2. The van der Waals surface area contributed by atoms with E-state index in [9.17, 15) is 39.6 Å². The molecule has 26 heteroatoms. The van der Waals surface area contributed by atoms with Crippen LogP contribution in [0.25, 0.3) is 22.3 Å². The Morgan fingerprint density at radius 2 is 0.792 bits per heavy atom. The minimum absolute atomic E-state index is 0.0382. The molecule has 0 radical (unpaired) electrons. The summed E-state index contributed by atoms with van der Waals surface area (Å²) in [7, 11) is 0. The second kappa shape index (κ2) is 29.2. The summed E-state index contributed by atoms with van der Waals surface area (Å²) in [6.07, 6.45) is 3.39. The normalized spacial score (nSPS) is 25.0. The van der Waals surface area contributed by atoms with Crippen molar-refractivity contribution in [2.75, 3.05) is 59.7 Å². The Balaban J connectivity index is 0.628. The number of rotatable bonds is 22. The van der Waals surface area contributed by atoms with E-state index in [0.29, 0.717) is 124 Å². The van der Waals surface area contributed by atoms with E-state index in [2.05, 4.69) is 91.1 Å². The van der Waals surface area contributed by atoms with Gasteiger partial charge in [0.05, 0.1) is 36.8 Å². The molecule has 3 aliphatic carbocycles. The number of aromatic nitrogens is 8. The van der Waals surface area contributed by atoms with E-state index in [1.165, 1.54) is 0 Å². The van der Waals surface area contributed by atoms with Gasteiger partial charge < -0.3 is 81.9 Å². The average molecular weight is 1310 g/mol. The van der Waals surface area contributed by atoms with Gasteiger partial charge in [0.2, 0.25) is 23.7 Å². The maximum atomic E-state index is 13.7. The van der Waals surface area contributed by atoms with E-state index < -0.39 is 48.6 Å². The van der Waals surface area contributed by atoms with Gasteiger partial charge in [-0.1, -0.05) is 135 Å². The third-order valence-electron chi connectivity index (χ3n) is 19.9. The third-order valence-corrected chi connectivity index (χ3v) is 19.9. The lowest BCUT2D eigenvalue weighted by Crippen LogP contribution is -2.51. The molecule has 6 heterocycles. The van der Waals surface area contributed by atoms with Gasteiger partial charge in [0, 0.05) is 88.1 Å². The first kappa shape index (κ1) is 65.2. The summed E-state index contributed by atoms with van der Waals surface area (Å²) in [5.41, 5.74) is 6.39. The molecule has 504 valence electrons. The highest BCUT2D eigenvalue weighted by atomic mass is 16.3. The number of hydrogen-bond donors (Lipinski definition) is 12.